The molecule has 1 aromatic rings. The molecule has 28 heavy (non-hydrogen) atoms. The second kappa shape index (κ2) is 8.06. The number of urea groups is 2. The van der Waals surface area contributed by atoms with Crippen LogP contribution < -0.4 is 10.4 Å². The lowest BCUT2D eigenvalue weighted by atomic mass is 10.1. The van der Waals surface area contributed by atoms with E-state index >= 15 is 0 Å². The average Bonchev–Trinajstić information content (AvgIpc) is 2.98. The van der Waals surface area contributed by atoms with Gasteiger partial charge in [-0.05, 0) is 38.1 Å². The number of amides is 4. The van der Waals surface area contributed by atoms with E-state index in [1.54, 1.807) is 19.9 Å². The van der Waals surface area contributed by atoms with E-state index in [1.165, 1.54) is 18.2 Å². The number of imide groups is 1. The van der Waals surface area contributed by atoms with Crippen molar-refractivity contribution in [2.45, 2.75) is 32.5 Å². The standard InChI is InChI=1S/C18H18Cl2F2N4O2/c1-10(2)25(16-6-4-12(21)8-14(16)22)17(27)24-9-23-26(18(24)28)15-5-3-11(19)7-13(15)20/h3,5-8,10,12,23H,4,9H2,1-2H3. The number of anilines is 1. The first-order valence-electron chi connectivity index (χ1n) is 8.56. The van der Waals surface area contributed by atoms with Gasteiger partial charge in [0.15, 0.2) is 0 Å². The number of nitrogens with zero attached hydrogens (tertiary/aromatic N) is 3. The van der Waals surface area contributed by atoms with Crippen LogP contribution in [0.5, 0.6) is 0 Å². The van der Waals surface area contributed by atoms with Crippen molar-refractivity contribution in [1.29, 1.82) is 0 Å². The van der Waals surface area contributed by atoms with Crippen LogP contribution >= 0.6 is 23.2 Å². The minimum atomic E-state index is -1.44. The van der Waals surface area contributed by atoms with Crippen LogP contribution in [0.15, 0.2) is 41.9 Å². The van der Waals surface area contributed by atoms with Gasteiger partial charge in [-0.25, -0.2) is 33.7 Å². The highest BCUT2D eigenvalue weighted by Gasteiger charge is 2.39. The van der Waals surface area contributed by atoms with Crippen LogP contribution in [0.1, 0.15) is 20.3 Å². The second-order valence-electron chi connectivity index (χ2n) is 6.56. The van der Waals surface area contributed by atoms with Crippen LogP contribution in [0.2, 0.25) is 10.0 Å². The zero-order chi connectivity index (χ0) is 20.6. The molecule has 0 spiro atoms. The molecular formula is C18H18Cl2F2N4O2. The summed E-state index contributed by atoms with van der Waals surface area (Å²) in [5, 5.41) is 1.74. The zero-order valence-electron chi connectivity index (χ0n) is 15.1. The minimum absolute atomic E-state index is 0.0437. The van der Waals surface area contributed by atoms with Crippen molar-refractivity contribution in [1.82, 2.24) is 15.2 Å². The molecule has 1 N–H and O–H groups in total. The number of allylic oxidation sites excluding steroid dienone is 3. The van der Waals surface area contributed by atoms with Crippen molar-refractivity contribution >= 4 is 41.0 Å². The van der Waals surface area contributed by atoms with Gasteiger partial charge in [0, 0.05) is 17.5 Å². The Hall–Kier alpha value is -2.16. The Morgan fingerprint density at radius 3 is 2.68 bits per heavy atom. The molecule has 0 bridgehead atoms. The zero-order valence-corrected chi connectivity index (χ0v) is 16.6. The predicted octanol–water partition coefficient (Wildman–Crippen LogP) is 5.01. The molecule has 1 saturated heterocycles. The summed E-state index contributed by atoms with van der Waals surface area (Å²) in [6, 6.07) is 2.70. The van der Waals surface area contributed by atoms with E-state index in [-0.39, 0.29) is 23.8 Å². The van der Waals surface area contributed by atoms with Crippen molar-refractivity contribution in [3.63, 3.8) is 0 Å². The maximum atomic E-state index is 14.3. The van der Waals surface area contributed by atoms with Crippen molar-refractivity contribution in [2.75, 3.05) is 11.7 Å². The summed E-state index contributed by atoms with van der Waals surface area (Å²) < 4.78 is 27.7. The number of benzene rings is 1. The third-order valence-electron chi connectivity index (χ3n) is 4.28. The fourth-order valence-corrected chi connectivity index (χ4v) is 3.47. The molecule has 2 aliphatic rings. The number of rotatable bonds is 3. The van der Waals surface area contributed by atoms with Crippen LogP contribution in [-0.2, 0) is 0 Å². The number of halogens is 4. The van der Waals surface area contributed by atoms with Crippen LogP contribution in [0.3, 0.4) is 0 Å². The average molecular weight is 431 g/mol. The van der Waals surface area contributed by atoms with E-state index < -0.39 is 30.1 Å². The van der Waals surface area contributed by atoms with Gasteiger partial charge in [0.2, 0.25) is 0 Å². The van der Waals surface area contributed by atoms with Crippen molar-refractivity contribution < 1.29 is 18.4 Å². The van der Waals surface area contributed by atoms with Crippen LogP contribution in [0.4, 0.5) is 24.1 Å². The van der Waals surface area contributed by atoms with Gasteiger partial charge in [0.25, 0.3) is 0 Å². The molecule has 0 aromatic heterocycles. The summed E-state index contributed by atoms with van der Waals surface area (Å²) in [6.45, 7) is 3.22. The van der Waals surface area contributed by atoms with Gasteiger partial charge in [-0.1, -0.05) is 29.3 Å². The molecule has 1 heterocycles. The monoisotopic (exact) mass is 430 g/mol. The predicted molar refractivity (Wildman–Crippen MR) is 103 cm³/mol. The molecule has 150 valence electrons. The third-order valence-corrected chi connectivity index (χ3v) is 4.82. The summed E-state index contributed by atoms with van der Waals surface area (Å²) in [5.41, 5.74) is 3.05. The van der Waals surface area contributed by atoms with E-state index in [0.29, 0.717) is 10.7 Å². The summed E-state index contributed by atoms with van der Waals surface area (Å²) in [7, 11) is 0. The molecule has 1 unspecified atom stereocenters. The first kappa shape index (κ1) is 20.6. The molecule has 0 radical (unpaired) electrons. The maximum absolute atomic E-state index is 14.3. The molecule has 1 aliphatic heterocycles. The maximum Gasteiger partial charge on any atom is 0.348 e. The third kappa shape index (κ3) is 3.85. The Morgan fingerprint density at radius 1 is 1.36 bits per heavy atom. The van der Waals surface area contributed by atoms with Crippen molar-refractivity contribution in [3.05, 3.63) is 51.9 Å². The largest absolute Gasteiger partial charge is 0.348 e. The highest BCUT2D eigenvalue weighted by atomic mass is 35.5. The first-order chi connectivity index (χ1) is 13.2. The van der Waals surface area contributed by atoms with Gasteiger partial charge in [-0.2, -0.15) is 0 Å². The van der Waals surface area contributed by atoms with Gasteiger partial charge in [0.05, 0.1) is 16.4 Å². The lowest BCUT2D eigenvalue weighted by Crippen LogP contribution is -2.48. The highest BCUT2D eigenvalue weighted by molar-refractivity contribution is 6.36. The molecule has 0 saturated carbocycles. The van der Waals surface area contributed by atoms with Gasteiger partial charge in [-0.3, -0.25) is 4.90 Å². The molecule has 1 fully saturated rings. The molecular weight excluding hydrogens is 413 g/mol. The topological polar surface area (TPSA) is 55.9 Å². The highest BCUT2D eigenvalue weighted by Crippen LogP contribution is 2.32. The number of hydrogen-bond donors (Lipinski definition) is 1. The summed E-state index contributed by atoms with van der Waals surface area (Å²) >= 11 is 12.0. The Kier molecular flexibility index (Phi) is 5.92. The number of alkyl halides is 1. The molecule has 10 heteroatoms. The fourth-order valence-electron chi connectivity index (χ4n) is 2.98. The summed E-state index contributed by atoms with van der Waals surface area (Å²) in [4.78, 5) is 27.9. The molecule has 4 amide bonds. The van der Waals surface area contributed by atoms with E-state index in [9.17, 15) is 18.4 Å². The van der Waals surface area contributed by atoms with E-state index in [4.69, 9.17) is 23.2 Å². The Morgan fingerprint density at radius 2 is 2.07 bits per heavy atom. The summed E-state index contributed by atoms with van der Waals surface area (Å²) in [6.07, 6.45) is 0.657. The molecule has 3 rings (SSSR count). The SMILES string of the molecule is CC(C)N(C(=O)N1CNN(c2ccc(Cl)cc2Cl)C1=O)C1=CCC(F)C=C1F. The van der Waals surface area contributed by atoms with Crippen molar-refractivity contribution in [3.8, 4) is 0 Å². The minimum Gasteiger partial charge on any atom is -0.289 e. The number of nitrogens with one attached hydrogen (secondary N) is 1. The fraction of sp³-hybridized carbons (Fsp3) is 0.333. The summed E-state index contributed by atoms with van der Waals surface area (Å²) in [5.74, 6) is -0.835. The smallest absolute Gasteiger partial charge is 0.289 e. The van der Waals surface area contributed by atoms with Gasteiger partial charge < -0.3 is 0 Å². The lowest BCUT2D eigenvalue weighted by molar-refractivity contribution is 0.164. The number of hydrogen-bond acceptors (Lipinski definition) is 3. The normalized spacial score (nSPS) is 19.8. The number of hydrazine groups is 1. The van der Waals surface area contributed by atoms with E-state index in [0.717, 1.165) is 20.9 Å². The Labute approximate surface area is 170 Å². The Bertz CT molecular complexity index is 875. The van der Waals surface area contributed by atoms with Crippen LogP contribution in [0.25, 0.3) is 0 Å². The number of carbonyl (C=O) groups is 2. The molecule has 1 atom stereocenters. The van der Waals surface area contributed by atoms with Crippen LogP contribution in [-0.4, -0.2) is 40.7 Å². The van der Waals surface area contributed by atoms with Crippen LogP contribution in [0, 0.1) is 0 Å². The molecule has 1 aliphatic carbocycles. The molecule has 6 nitrogen and oxygen atoms in total. The van der Waals surface area contributed by atoms with Gasteiger partial charge >= 0.3 is 12.1 Å². The first-order valence-corrected chi connectivity index (χ1v) is 9.31. The van der Waals surface area contributed by atoms with Gasteiger partial charge in [0.1, 0.15) is 18.7 Å². The number of carbonyl (C=O) groups excluding carboxylic acids is 2. The van der Waals surface area contributed by atoms with Crippen molar-refractivity contribution in [2.24, 2.45) is 0 Å². The quantitative estimate of drug-likeness (QED) is 0.733. The van der Waals surface area contributed by atoms with E-state index in [1.807, 2.05) is 0 Å². The lowest BCUT2D eigenvalue weighted by Gasteiger charge is -2.32. The van der Waals surface area contributed by atoms with E-state index in [2.05, 4.69) is 5.43 Å². The Balaban J connectivity index is 1.85. The molecule has 1 aromatic carbocycles. The van der Waals surface area contributed by atoms with Gasteiger partial charge in [-0.15, -0.1) is 0 Å². The second-order valence-corrected chi connectivity index (χ2v) is 7.40.